The third-order valence-electron chi connectivity index (χ3n) is 8.52. The Morgan fingerprint density at radius 1 is 0.955 bits per heavy atom. The first kappa shape index (κ1) is 27.3. The molecule has 216 valence electrons. The molecule has 8 rings (SSSR count). The molecule has 0 N–H and O–H groups in total. The van der Waals surface area contributed by atoms with Gasteiger partial charge in [0, 0.05) is 44.8 Å². The van der Waals surface area contributed by atoms with Crippen molar-refractivity contribution in [2.24, 2.45) is 4.99 Å². The number of hydrogen-bond acceptors (Lipinski definition) is 3. The number of fused-ring (bicyclic) bond motifs is 4. The summed E-state index contributed by atoms with van der Waals surface area (Å²) >= 11 is 14.0. The highest BCUT2D eigenvalue weighted by molar-refractivity contribution is 7.07. The van der Waals surface area contributed by atoms with Gasteiger partial charge in [0.25, 0.3) is 5.56 Å². The van der Waals surface area contributed by atoms with Crippen molar-refractivity contribution in [1.82, 2.24) is 9.13 Å². The van der Waals surface area contributed by atoms with Gasteiger partial charge in [0.2, 0.25) is 0 Å². The Morgan fingerprint density at radius 3 is 2.59 bits per heavy atom. The minimum atomic E-state index is -0.356. The van der Waals surface area contributed by atoms with Crippen LogP contribution in [0.15, 0.2) is 113 Å². The van der Waals surface area contributed by atoms with Crippen LogP contribution in [0.25, 0.3) is 22.7 Å². The fourth-order valence-corrected chi connectivity index (χ4v) is 7.92. The van der Waals surface area contributed by atoms with E-state index in [1.54, 1.807) is 22.8 Å². The monoisotopic (exact) mass is 635 g/mol. The average molecular weight is 637 g/mol. The number of para-hydroxylation sites is 1. The van der Waals surface area contributed by atoms with E-state index >= 15 is 0 Å². The summed E-state index contributed by atoms with van der Waals surface area (Å²) in [4.78, 5) is 20.0. The minimum absolute atomic E-state index is 0.105. The quantitative estimate of drug-likeness (QED) is 0.195. The van der Waals surface area contributed by atoms with Crippen LogP contribution in [0, 0.1) is 5.82 Å². The van der Waals surface area contributed by atoms with E-state index in [4.69, 9.17) is 28.2 Å². The molecule has 0 saturated carbocycles. The SMILES string of the molecule is O=c1/c(=C\c2cn(Cc3ccc(Cl)cc3Cl)c3ccccc23)sc2n1[C@@H](c1ccc(F)cc1)C1=C(N=2)c2ccccc2CC1. The summed E-state index contributed by atoms with van der Waals surface area (Å²) in [6, 6.07) is 28.1. The van der Waals surface area contributed by atoms with Crippen molar-refractivity contribution in [1.29, 1.82) is 0 Å². The zero-order valence-corrected chi connectivity index (χ0v) is 25.6. The lowest BCUT2D eigenvalue weighted by Crippen LogP contribution is -2.38. The molecule has 1 aliphatic heterocycles. The lowest BCUT2D eigenvalue weighted by molar-refractivity contribution is 0.581. The van der Waals surface area contributed by atoms with E-state index in [9.17, 15) is 9.18 Å². The Balaban J connectivity index is 1.31. The molecule has 4 nitrogen and oxygen atoms in total. The smallest absolute Gasteiger partial charge is 0.271 e. The van der Waals surface area contributed by atoms with Gasteiger partial charge in [-0.2, -0.15) is 0 Å². The Morgan fingerprint density at radius 2 is 1.75 bits per heavy atom. The number of allylic oxidation sites excluding steroid dienone is 1. The zero-order chi connectivity index (χ0) is 29.9. The van der Waals surface area contributed by atoms with Crippen LogP contribution in [-0.2, 0) is 13.0 Å². The molecule has 44 heavy (non-hydrogen) atoms. The van der Waals surface area contributed by atoms with Gasteiger partial charge in [-0.15, -0.1) is 0 Å². The highest BCUT2D eigenvalue weighted by Crippen LogP contribution is 2.41. The van der Waals surface area contributed by atoms with Crippen molar-refractivity contribution in [2.45, 2.75) is 25.4 Å². The van der Waals surface area contributed by atoms with Gasteiger partial charge < -0.3 is 4.57 Å². The number of thiazole rings is 1. The maximum atomic E-state index is 14.2. The van der Waals surface area contributed by atoms with E-state index in [-0.39, 0.29) is 17.4 Å². The van der Waals surface area contributed by atoms with Gasteiger partial charge in [-0.3, -0.25) is 9.36 Å². The third-order valence-corrected chi connectivity index (χ3v) is 10.1. The van der Waals surface area contributed by atoms with Crippen LogP contribution < -0.4 is 14.9 Å². The molecule has 4 aromatic carbocycles. The largest absolute Gasteiger partial charge is 0.342 e. The maximum absolute atomic E-state index is 14.2. The summed E-state index contributed by atoms with van der Waals surface area (Å²) in [5.41, 5.74) is 8.05. The first-order valence-electron chi connectivity index (χ1n) is 14.3. The Hall–Kier alpha value is -4.23. The molecule has 1 aliphatic carbocycles. The molecular formula is C36H24Cl2FN3OS. The molecule has 8 heteroatoms. The Labute approximate surface area is 266 Å². The van der Waals surface area contributed by atoms with Crippen molar-refractivity contribution in [2.75, 3.05) is 0 Å². The number of hydrogen-bond donors (Lipinski definition) is 0. The maximum Gasteiger partial charge on any atom is 0.271 e. The standard InChI is InChI=1S/C36H24Cl2FN3OS/c37-25-13-9-23(30(38)18-25)19-41-20-24(27-6-3-4-8-31(27)41)17-32-35(43)42-34(22-10-14-26(39)15-11-22)29-16-12-21-5-1-2-7-28(21)33(29)40-36(42)44-32/h1-11,13-15,17-18,20,34H,12,16,19H2/b32-17+/t34-/m0/s1. The second kappa shape index (κ2) is 10.7. The molecule has 2 aromatic heterocycles. The molecule has 0 saturated heterocycles. The second-order valence-electron chi connectivity index (χ2n) is 11.1. The first-order valence-corrected chi connectivity index (χ1v) is 15.9. The Bertz CT molecular complexity index is 2330. The van der Waals surface area contributed by atoms with E-state index < -0.39 is 0 Å². The summed E-state index contributed by atoms with van der Waals surface area (Å²) < 4.78 is 18.5. The predicted molar refractivity (Wildman–Crippen MR) is 177 cm³/mol. The van der Waals surface area contributed by atoms with Crippen LogP contribution in [0.4, 0.5) is 4.39 Å². The zero-order valence-electron chi connectivity index (χ0n) is 23.3. The van der Waals surface area contributed by atoms with Gasteiger partial charge >= 0.3 is 0 Å². The highest BCUT2D eigenvalue weighted by Gasteiger charge is 2.32. The van der Waals surface area contributed by atoms with Gasteiger partial charge in [-0.25, -0.2) is 9.38 Å². The summed E-state index contributed by atoms with van der Waals surface area (Å²) in [7, 11) is 0. The molecule has 3 heterocycles. The van der Waals surface area contributed by atoms with E-state index in [1.165, 1.54) is 29.0 Å². The lowest BCUT2D eigenvalue weighted by atomic mass is 9.83. The van der Waals surface area contributed by atoms with Gasteiger partial charge in [0.05, 0.1) is 16.3 Å². The summed E-state index contributed by atoms with van der Waals surface area (Å²) in [6.07, 6.45) is 5.67. The molecule has 0 bridgehead atoms. The van der Waals surface area contributed by atoms with E-state index in [0.29, 0.717) is 25.9 Å². The van der Waals surface area contributed by atoms with E-state index in [1.807, 2.05) is 36.4 Å². The topological polar surface area (TPSA) is 39.3 Å². The molecule has 0 amide bonds. The van der Waals surface area contributed by atoms with Gasteiger partial charge in [-0.05, 0) is 71.5 Å². The van der Waals surface area contributed by atoms with Gasteiger partial charge in [0.15, 0.2) is 4.80 Å². The fraction of sp³-hybridized carbons (Fsp3) is 0.111. The minimum Gasteiger partial charge on any atom is -0.342 e. The van der Waals surface area contributed by atoms with Crippen molar-refractivity contribution >= 4 is 57.2 Å². The molecule has 0 spiro atoms. The number of benzene rings is 4. The molecule has 6 aromatic rings. The van der Waals surface area contributed by atoms with Crippen LogP contribution in [0.5, 0.6) is 0 Å². The summed E-state index contributed by atoms with van der Waals surface area (Å²) in [5.74, 6) is -0.305. The third kappa shape index (κ3) is 4.56. The molecule has 0 fully saturated rings. The fourth-order valence-electron chi connectivity index (χ4n) is 6.46. The van der Waals surface area contributed by atoms with Crippen molar-refractivity contribution < 1.29 is 4.39 Å². The second-order valence-corrected chi connectivity index (χ2v) is 13.0. The van der Waals surface area contributed by atoms with Crippen LogP contribution in [0.2, 0.25) is 10.0 Å². The van der Waals surface area contributed by atoms with E-state index in [0.717, 1.165) is 57.3 Å². The summed E-state index contributed by atoms with van der Waals surface area (Å²) in [5, 5.41) is 2.24. The number of rotatable bonds is 4. The highest BCUT2D eigenvalue weighted by atomic mass is 35.5. The van der Waals surface area contributed by atoms with E-state index in [2.05, 4.69) is 41.1 Å². The van der Waals surface area contributed by atoms with Crippen LogP contribution in [-0.4, -0.2) is 9.13 Å². The van der Waals surface area contributed by atoms with Gasteiger partial charge in [0.1, 0.15) is 5.82 Å². The van der Waals surface area contributed by atoms with Crippen LogP contribution in [0.1, 0.15) is 40.3 Å². The predicted octanol–water partition coefficient (Wildman–Crippen LogP) is 7.77. The van der Waals surface area contributed by atoms with Crippen molar-refractivity contribution in [3.8, 4) is 0 Å². The first-order chi connectivity index (χ1) is 21.4. The van der Waals surface area contributed by atoms with Crippen molar-refractivity contribution in [3.63, 3.8) is 0 Å². The van der Waals surface area contributed by atoms with Crippen LogP contribution >= 0.6 is 34.5 Å². The van der Waals surface area contributed by atoms with Crippen molar-refractivity contribution in [3.05, 3.63) is 166 Å². The molecular weight excluding hydrogens is 612 g/mol. The lowest BCUT2D eigenvalue weighted by Gasteiger charge is -2.30. The Kier molecular flexibility index (Phi) is 6.67. The normalized spacial score (nSPS) is 16.1. The molecule has 0 radical (unpaired) electrons. The van der Waals surface area contributed by atoms with Gasteiger partial charge in [-0.1, -0.05) is 95.2 Å². The number of aryl methyl sites for hydroxylation is 1. The average Bonchev–Trinajstić information content (AvgIpc) is 3.54. The number of aromatic nitrogens is 2. The van der Waals surface area contributed by atoms with Crippen LogP contribution in [0.3, 0.4) is 0 Å². The molecule has 2 aliphatic rings. The molecule has 0 unspecified atom stereocenters. The summed E-state index contributed by atoms with van der Waals surface area (Å²) in [6.45, 7) is 0.558. The number of nitrogens with zero attached hydrogens (tertiary/aromatic N) is 3. The molecule has 1 atom stereocenters. The number of halogens is 3.